The van der Waals surface area contributed by atoms with E-state index in [1.54, 1.807) is 0 Å². The summed E-state index contributed by atoms with van der Waals surface area (Å²) in [4.78, 5) is 4.56. The molecule has 0 unspecified atom stereocenters. The molecule has 10 nitrogen and oxygen atoms in total. The van der Waals surface area contributed by atoms with E-state index < -0.39 is 31.0 Å². The minimum atomic E-state index is -1.84. The van der Waals surface area contributed by atoms with Crippen LogP contribution in [0.5, 0.6) is 0 Å². The number of rotatable bonds is 7. The number of hydrogen-bond donors (Lipinski definition) is 5. The van der Waals surface area contributed by atoms with Crippen LogP contribution in [0.25, 0.3) is 28.3 Å². The van der Waals surface area contributed by atoms with Crippen molar-refractivity contribution in [3.63, 3.8) is 0 Å². The lowest BCUT2D eigenvalue weighted by atomic mass is 10.0. The second-order valence-corrected chi connectivity index (χ2v) is 6.99. The molecular formula is C21H21N5O5. The van der Waals surface area contributed by atoms with E-state index in [9.17, 15) is 20.4 Å². The van der Waals surface area contributed by atoms with Gasteiger partial charge in [0, 0.05) is 11.1 Å². The van der Waals surface area contributed by atoms with E-state index >= 15 is 0 Å². The Balaban J connectivity index is 1.84. The van der Waals surface area contributed by atoms with E-state index in [1.165, 1.54) is 4.52 Å². The van der Waals surface area contributed by atoms with Gasteiger partial charge < -0.3 is 25.5 Å². The molecule has 2 heterocycles. The minimum Gasteiger partial charge on any atom is -0.394 e. The smallest absolute Gasteiger partial charge is 0.272 e. The predicted octanol–water partition coefficient (Wildman–Crippen LogP) is -0.0383. The highest BCUT2D eigenvalue weighted by atomic mass is 16.4. The average Bonchev–Trinajstić information content (AvgIpc) is 3.25. The van der Waals surface area contributed by atoms with Crippen molar-refractivity contribution in [2.24, 2.45) is 0 Å². The molecule has 0 spiro atoms. The normalized spacial score (nSPS) is 15.5. The molecule has 0 bridgehead atoms. The summed E-state index contributed by atoms with van der Waals surface area (Å²) < 4.78 is 1.18. The summed E-state index contributed by atoms with van der Waals surface area (Å²) in [6, 6.07) is 18.7. The third kappa shape index (κ3) is 4.02. The van der Waals surface area contributed by atoms with E-state index in [1.807, 2.05) is 60.7 Å². The monoisotopic (exact) mass is 423 g/mol. The number of aliphatic hydroxyl groups excluding tert-OH is 5. The predicted molar refractivity (Wildman–Crippen MR) is 110 cm³/mol. The fourth-order valence-electron chi connectivity index (χ4n) is 3.20. The van der Waals surface area contributed by atoms with Crippen LogP contribution in [-0.4, -0.2) is 75.2 Å². The highest BCUT2D eigenvalue weighted by Crippen LogP contribution is 2.29. The Morgan fingerprint density at radius 3 is 1.90 bits per heavy atom. The van der Waals surface area contributed by atoms with E-state index in [-0.39, 0.29) is 11.6 Å². The zero-order valence-electron chi connectivity index (χ0n) is 16.3. The van der Waals surface area contributed by atoms with Crippen LogP contribution in [0.15, 0.2) is 60.7 Å². The topological polar surface area (TPSA) is 157 Å². The van der Waals surface area contributed by atoms with Gasteiger partial charge in [0.2, 0.25) is 0 Å². The molecule has 160 valence electrons. The molecule has 0 saturated heterocycles. The Hall–Kier alpha value is -3.28. The van der Waals surface area contributed by atoms with E-state index in [4.69, 9.17) is 5.11 Å². The maximum absolute atomic E-state index is 10.5. The Labute approximate surface area is 176 Å². The molecule has 0 radical (unpaired) electrons. The van der Waals surface area contributed by atoms with Crippen molar-refractivity contribution >= 4 is 5.78 Å². The molecule has 0 amide bonds. The van der Waals surface area contributed by atoms with Crippen LogP contribution < -0.4 is 0 Å². The van der Waals surface area contributed by atoms with Gasteiger partial charge in [0.25, 0.3) is 5.78 Å². The second-order valence-electron chi connectivity index (χ2n) is 6.99. The molecule has 4 aromatic rings. The summed E-state index contributed by atoms with van der Waals surface area (Å²) in [7, 11) is 0. The Morgan fingerprint density at radius 2 is 1.32 bits per heavy atom. The molecule has 0 fully saturated rings. The molecule has 10 heteroatoms. The summed E-state index contributed by atoms with van der Waals surface area (Å²) in [5.74, 6) is -0.0898. The van der Waals surface area contributed by atoms with Gasteiger partial charge >= 0.3 is 0 Å². The molecule has 0 saturated carbocycles. The van der Waals surface area contributed by atoms with Crippen molar-refractivity contribution in [2.75, 3.05) is 6.61 Å². The lowest BCUT2D eigenvalue weighted by Crippen LogP contribution is -2.43. The van der Waals surface area contributed by atoms with Crippen LogP contribution >= 0.6 is 0 Å². The van der Waals surface area contributed by atoms with Gasteiger partial charge in [-0.2, -0.15) is 9.61 Å². The molecule has 0 aliphatic rings. The van der Waals surface area contributed by atoms with Crippen LogP contribution in [0.3, 0.4) is 0 Å². The highest BCUT2D eigenvalue weighted by molar-refractivity contribution is 5.78. The van der Waals surface area contributed by atoms with Crippen molar-refractivity contribution < 1.29 is 25.5 Å². The highest BCUT2D eigenvalue weighted by Gasteiger charge is 2.34. The van der Waals surface area contributed by atoms with Crippen molar-refractivity contribution in [3.05, 3.63) is 66.5 Å². The van der Waals surface area contributed by atoms with Gasteiger partial charge in [-0.25, -0.2) is 4.98 Å². The maximum atomic E-state index is 10.5. The summed E-state index contributed by atoms with van der Waals surface area (Å²) in [5.41, 5.74) is 2.63. The SMILES string of the molecule is OC[C@@H](O)[C@H](O)[C@H](O)[C@@H](O)c1nnc2nc(-c3ccccc3)c(-c3ccccc3)nn12. The Kier molecular flexibility index (Phi) is 5.98. The lowest BCUT2D eigenvalue weighted by molar-refractivity contribution is -0.118. The molecular weight excluding hydrogens is 402 g/mol. The zero-order valence-corrected chi connectivity index (χ0v) is 16.3. The van der Waals surface area contributed by atoms with Crippen molar-refractivity contribution in [1.82, 2.24) is 24.8 Å². The third-order valence-corrected chi connectivity index (χ3v) is 4.90. The molecule has 4 rings (SSSR count). The summed E-state index contributed by atoms with van der Waals surface area (Å²) in [6.45, 7) is -0.788. The number of nitrogens with zero attached hydrogens (tertiary/aromatic N) is 5. The van der Waals surface area contributed by atoms with Crippen LogP contribution in [0, 0.1) is 0 Å². The second kappa shape index (κ2) is 8.84. The van der Waals surface area contributed by atoms with Crippen LogP contribution in [-0.2, 0) is 0 Å². The first-order valence-corrected chi connectivity index (χ1v) is 9.58. The summed E-state index contributed by atoms with van der Waals surface area (Å²) in [5, 5.41) is 61.7. The van der Waals surface area contributed by atoms with Gasteiger partial charge in [-0.15, -0.1) is 10.2 Å². The molecule has 2 aromatic carbocycles. The largest absolute Gasteiger partial charge is 0.394 e. The van der Waals surface area contributed by atoms with Crippen LogP contribution in [0.4, 0.5) is 0 Å². The minimum absolute atomic E-state index is 0.0805. The maximum Gasteiger partial charge on any atom is 0.272 e. The van der Waals surface area contributed by atoms with Gasteiger partial charge in [-0.3, -0.25) is 0 Å². The van der Waals surface area contributed by atoms with E-state index in [0.29, 0.717) is 11.4 Å². The number of aromatic nitrogens is 5. The fourth-order valence-corrected chi connectivity index (χ4v) is 3.20. The first-order valence-electron chi connectivity index (χ1n) is 9.58. The molecule has 5 N–H and O–H groups in total. The van der Waals surface area contributed by atoms with Crippen molar-refractivity contribution in [1.29, 1.82) is 0 Å². The molecule has 4 atom stereocenters. The number of aliphatic hydroxyl groups is 5. The Morgan fingerprint density at radius 1 is 0.742 bits per heavy atom. The molecule has 2 aromatic heterocycles. The van der Waals surface area contributed by atoms with E-state index in [2.05, 4.69) is 20.3 Å². The van der Waals surface area contributed by atoms with Gasteiger partial charge in [-0.1, -0.05) is 60.7 Å². The van der Waals surface area contributed by atoms with Gasteiger partial charge in [0.05, 0.1) is 6.61 Å². The number of fused-ring (bicyclic) bond motifs is 1. The molecule has 0 aliphatic heterocycles. The first-order chi connectivity index (χ1) is 15.0. The molecule has 31 heavy (non-hydrogen) atoms. The lowest BCUT2D eigenvalue weighted by Gasteiger charge is -2.24. The van der Waals surface area contributed by atoms with Gasteiger partial charge in [-0.05, 0) is 0 Å². The average molecular weight is 423 g/mol. The Bertz CT molecular complexity index is 1160. The van der Waals surface area contributed by atoms with Crippen molar-refractivity contribution in [3.8, 4) is 22.5 Å². The number of benzene rings is 2. The van der Waals surface area contributed by atoms with E-state index in [0.717, 1.165) is 11.1 Å². The summed E-state index contributed by atoms with van der Waals surface area (Å²) in [6.07, 6.45) is -7.03. The van der Waals surface area contributed by atoms with Gasteiger partial charge in [0.1, 0.15) is 35.8 Å². The van der Waals surface area contributed by atoms with Gasteiger partial charge in [0.15, 0.2) is 5.82 Å². The van der Waals surface area contributed by atoms with Crippen molar-refractivity contribution in [2.45, 2.75) is 24.4 Å². The van der Waals surface area contributed by atoms with Crippen LogP contribution in [0.2, 0.25) is 0 Å². The first kappa shape index (κ1) is 21.0. The fraction of sp³-hybridized carbons (Fsp3) is 0.238. The summed E-state index contributed by atoms with van der Waals surface area (Å²) >= 11 is 0. The van der Waals surface area contributed by atoms with Crippen LogP contribution in [0.1, 0.15) is 11.9 Å². The number of hydrogen-bond acceptors (Lipinski definition) is 9. The third-order valence-electron chi connectivity index (χ3n) is 4.90. The molecule has 0 aliphatic carbocycles. The quantitative estimate of drug-likeness (QED) is 0.275. The zero-order chi connectivity index (χ0) is 22.0. The standard InChI is InChI=1S/C21H21N5O5/c27-11-14(28)17(29)18(30)19(31)20-23-24-21-22-15(12-7-3-1-4-8-12)16(25-26(20)21)13-9-5-2-6-10-13/h1-10,14,17-19,27-31H,11H2/t14-,17+,18+,19-/m1/s1.